The van der Waals surface area contributed by atoms with Gasteiger partial charge in [0.25, 0.3) is 0 Å². The first kappa shape index (κ1) is 23.2. The Balaban J connectivity index is 1.42. The molecule has 5 fully saturated rings. The summed E-state index contributed by atoms with van der Waals surface area (Å²) in [5.74, 6) is -2.13. The lowest BCUT2D eigenvalue weighted by Gasteiger charge is -2.64. The quantitative estimate of drug-likeness (QED) is 0.527. The monoisotopic (exact) mass is 488 g/mol. The molecule has 3 N–H and O–H groups in total. The molecule has 0 bridgehead atoms. The molecule has 6 rings (SSSR count). The summed E-state index contributed by atoms with van der Waals surface area (Å²) in [6.07, 6.45) is 1.22. The van der Waals surface area contributed by atoms with Crippen molar-refractivity contribution in [3.63, 3.8) is 0 Å². The molecule has 35 heavy (non-hydrogen) atoms. The molecule has 0 radical (unpaired) electrons. The number of carbonyl (C=O) groups is 2. The van der Waals surface area contributed by atoms with E-state index in [2.05, 4.69) is 0 Å². The van der Waals surface area contributed by atoms with Gasteiger partial charge in [-0.15, -0.1) is 0 Å². The maximum atomic E-state index is 13.6. The number of aliphatic hydroxyl groups excluding tert-OH is 1. The Kier molecular flexibility index (Phi) is 4.75. The lowest BCUT2D eigenvalue weighted by atomic mass is 9.41. The van der Waals surface area contributed by atoms with E-state index in [1.54, 1.807) is 6.07 Å². The van der Waals surface area contributed by atoms with Gasteiger partial charge in [0.05, 0.1) is 23.6 Å². The van der Waals surface area contributed by atoms with E-state index in [-0.39, 0.29) is 31.1 Å². The molecule has 1 saturated heterocycles. The molecule has 10 atom stereocenters. The van der Waals surface area contributed by atoms with Crippen LogP contribution in [0.1, 0.15) is 70.3 Å². The third kappa shape index (κ3) is 2.72. The number of hydrogen-bond donors (Lipinski definition) is 3. The average molecular weight is 489 g/mol. The molecular formula is C26H32O9. The molecule has 4 aliphatic carbocycles. The summed E-state index contributed by atoms with van der Waals surface area (Å²) in [6, 6.07) is 3.12. The number of esters is 2. The van der Waals surface area contributed by atoms with Crippen LogP contribution in [-0.4, -0.2) is 56.8 Å². The molecule has 1 aromatic heterocycles. The predicted octanol–water partition coefficient (Wildman–Crippen LogP) is 1.41. The fourth-order valence-corrected chi connectivity index (χ4v) is 9.18. The minimum atomic E-state index is -1.59. The summed E-state index contributed by atoms with van der Waals surface area (Å²) < 4.78 is 16.4. The van der Waals surface area contributed by atoms with Gasteiger partial charge in [0.1, 0.15) is 17.6 Å². The van der Waals surface area contributed by atoms with Crippen molar-refractivity contribution in [1.29, 1.82) is 0 Å². The Morgan fingerprint density at radius 2 is 1.91 bits per heavy atom. The average Bonchev–Trinajstić information content (AvgIpc) is 3.21. The molecule has 1 aromatic rings. The first-order valence-electron chi connectivity index (χ1n) is 12.6. The fourth-order valence-electron chi connectivity index (χ4n) is 9.18. The first-order valence-corrected chi connectivity index (χ1v) is 12.6. The summed E-state index contributed by atoms with van der Waals surface area (Å²) in [4.78, 5) is 36.7. The zero-order chi connectivity index (χ0) is 25.0. The van der Waals surface area contributed by atoms with Crippen molar-refractivity contribution < 1.29 is 38.8 Å². The smallest absolute Gasteiger partial charge is 0.335 e. The van der Waals surface area contributed by atoms with Crippen molar-refractivity contribution in [3.05, 3.63) is 34.4 Å². The van der Waals surface area contributed by atoms with Crippen LogP contribution in [0.5, 0.6) is 0 Å². The van der Waals surface area contributed by atoms with Gasteiger partial charge in [0.15, 0.2) is 0 Å². The summed E-state index contributed by atoms with van der Waals surface area (Å²) in [7, 11) is 0. The summed E-state index contributed by atoms with van der Waals surface area (Å²) in [5, 5.41) is 35.6. The second-order valence-corrected chi connectivity index (χ2v) is 11.7. The Bertz CT molecular complexity index is 1130. The van der Waals surface area contributed by atoms with Crippen molar-refractivity contribution >= 4 is 11.9 Å². The highest BCUT2D eigenvalue weighted by Gasteiger charge is 2.81. The van der Waals surface area contributed by atoms with Gasteiger partial charge in [-0.3, -0.25) is 9.59 Å². The van der Waals surface area contributed by atoms with Crippen molar-refractivity contribution in [2.24, 2.45) is 22.7 Å². The first-order chi connectivity index (χ1) is 16.5. The van der Waals surface area contributed by atoms with E-state index < -0.39 is 63.8 Å². The van der Waals surface area contributed by atoms with Gasteiger partial charge >= 0.3 is 17.6 Å². The number of hydrogen-bond acceptors (Lipinski definition) is 9. The van der Waals surface area contributed by atoms with Gasteiger partial charge in [-0.05, 0) is 55.6 Å². The van der Waals surface area contributed by atoms with Crippen LogP contribution in [0.4, 0.5) is 0 Å². The molecule has 5 aliphatic rings. The third-order valence-corrected chi connectivity index (χ3v) is 10.4. The van der Waals surface area contributed by atoms with Gasteiger partial charge in [0.2, 0.25) is 0 Å². The van der Waals surface area contributed by atoms with Crippen LogP contribution in [0.15, 0.2) is 27.6 Å². The maximum absolute atomic E-state index is 13.6. The van der Waals surface area contributed by atoms with Gasteiger partial charge < -0.3 is 29.2 Å². The highest BCUT2D eigenvalue weighted by molar-refractivity contribution is 5.83. The topological polar surface area (TPSA) is 144 Å². The molecule has 1 aliphatic heterocycles. The van der Waals surface area contributed by atoms with Crippen molar-refractivity contribution in [2.75, 3.05) is 0 Å². The van der Waals surface area contributed by atoms with E-state index in [9.17, 15) is 29.7 Å². The van der Waals surface area contributed by atoms with E-state index >= 15 is 0 Å². The van der Waals surface area contributed by atoms with Crippen LogP contribution in [0, 0.1) is 22.7 Å². The molecule has 9 heteroatoms. The van der Waals surface area contributed by atoms with Gasteiger partial charge in [-0.25, -0.2) is 4.79 Å². The molecule has 9 nitrogen and oxygen atoms in total. The van der Waals surface area contributed by atoms with E-state index in [4.69, 9.17) is 13.9 Å². The molecule has 0 aromatic carbocycles. The Morgan fingerprint density at radius 3 is 2.60 bits per heavy atom. The normalized spacial score (nSPS) is 50.0. The van der Waals surface area contributed by atoms with Crippen LogP contribution >= 0.6 is 0 Å². The Morgan fingerprint density at radius 1 is 1.14 bits per heavy atom. The molecule has 1 spiro atoms. The lowest BCUT2D eigenvalue weighted by molar-refractivity contribution is -0.270. The summed E-state index contributed by atoms with van der Waals surface area (Å²) >= 11 is 0. The molecule has 4 unspecified atom stereocenters. The molecule has 0 amide bonds. The fraction of sp³-hybridized carbons (Fsp3) is 0.731. The van der Waals surface area contributed by atoms with Gasteiger partial charge in [-0.1, -0.05) is 6.92 Å². The van der Waals surface area contributed by atoms with E-state index in [1.165, 1.54) is 19.3 Å². The second-order valence-electron chi connectivity index (χ2n) is 11.7. The van der Waals surface area contributed by atoms with Crippen molar-refractivity contribution in [2.45, 2.75) is 94.2 Å². The predicted molar refractivity (Wildman–Crippen MR) is 119 cm³/mol. The maximum Gasteiger partial charge on any atom is 0.335 e. The zero-order valence-electron chi connectivity index (χ0n) is 19.9. The van der Waals surface area contributed by atoms with E-state index in [0.29, 0.717) is 25.7 Å². The van der Waals surface area contributed by atoms with Crippen LogP contribution in [-0.2, 0) is 19.1 Å². The Labute approximate surface area is 202 Å². The number of ether oxygens (including phenoxy) is 2. The number of rotatable bonds is 2. The largest absolute Gasteiger partial charge is 0.462 e. The van der Waals surface area contributed by atoms with Gasteiger partial charge in [0, 0.05) is 37.2 Å². The van der Waals surface area contributed by atoms with Crippen LogP contribution in [0.25, 0.3) is 0 Å². The Hall–Kier alpha value is -2.23. The standard InChI is InChI=1S/C26H32O9/c1-13(27)34-15-9-19(28)26-21-17(5-7-24(26,31)10-15)25(32)8-6-16(14-3-4-20(29)33-12-14)23(25,2)11-18(21)35-22(26)30/h3-4,12,15-19,21,28,31-32H,5-11H2,1-2H3/t15-,16?,17+,18?,19+,21?,23+,24-,25?,26+/m0/s1. The molecular weight excluding hydrogens is 456 g/mol. The minimum absolute atomic E-state index is 0.0360. The molecule has 190 valence electrons. The van der Waals surface area contributed by atoms with E-state index in [1.807, 2.05) is 6.92 Å². The van der Waals surface area contributed by atoms with Crippen LogP contribution in [0.3, 0.4) is 0 Å². The third-order valence-electron chi connectivity index (χ3n) is 10.4. The second kappa shape index (κ2) is 7.17. The van der Waals surface area contributed by atoms with Crippen molar-refractivity contribution in [3.8, 4) is 0 Å². The van der Waals surface area contributed by atoms with Crippen molar-refractivity contribution in [1.82, 2.24) is 0 Å². The summed E-state index contributed by atoms with van der Waals surface area (Å²) in [5.41, 5.74) is -4.57. The number of aliphatic hydroxyl groups is 3. The number of fused-ring (bicyclic) bond motifs is 2. The van der Waals surface area contributed by atoms with Crippen LogP contribution < -0.4 is 5.63 Å². The highest BCUT2D eigenvalue weighted by Crippen LogP contribution is 2.73. The van der Waals surface area contributed by atoms with Crippen LogP contribution in [0.2, 0.25) is 0 Å². The molecule has 2 heterocycles. The SMILES string of the molecule is CC(=O)O[C@H]1C[C@@H](O)[C@@]23C(=O)OC4C[C@]5(C)C(c6ccc(=O)oc6)CCC5(O)[C@H](CC[C@]2(O)C1)C43. The number of carbonyl (C=O) groups excluding carboxylic acids is 2. The van der Waals surface area contributed by atoms with E-state index in [0.717, 1.165) is 5.56 Å². The minimum Gasteiger partial charge on any atom is -0.462 e. The highest BCUT2D eigenvalue weighted by atomic mass is 16.6. The molecule has 4 saturated carbocycles. The lowest BCUT2D eigenvalue weighted by Crippen LogP contribution is -2.73. The zero-order valence-corrected chi connectivity index (χ0v) is 19.9. The summed E-state index contributed by atoms with van der Waals surface area (Å²) in [6.45, 7) is 3.29. The van der Waals surface area contributed by atoms with Gasteiger partial charge in [-0.2, -0.15) is 0 Å².